The van der Waals surface area contributed by atoms with Crippen LogP contribution >= 0.6 is 11.6 Å². The van der Waals surface area contributed by atoms with Crippen molar-refractivity contribution in [1.29, 1.82) is 0 Å². The number of aromatic nitrogens is 3. The summed E-state index contributed by atoms with van der Waals surface area (Å²) in [5, 5.41) is 0.221. The van der Waals surface area contributed by atoms with Gasteiger partial charge in [0, 0.05) is 12.6 Å². The van der Waals surface area contributed by atoms with Crippen LogP contribution in [-0.2, 0) is 13.0 Å². The Morgan fingerprint density at radius 1 is 0.957 bits per heavy atom. The molecule has 0 aliphatic rings. The van der Waals surface area contributed by atoms with E-state index in [0.29, 0.717) is 5.78 Å². The van der Waals surface area contributed by atoms with Crippen molar-refractivity contribution in [2.24, 2.45) is 0 Å². The third-order valence-corrected chi connectivity index (χ3v) is 4.19. The van der Waals surface area contributed by atoms with Gasteiger partial charge in [0.1, 0.15) is 5.15 Å². The monoisotopic (exact) mass is 323 g/mol. The molecule has 2 heterocycles. The summed E-state index contributed by atoms with van der Waals surface area (Å²) in [6.45, 7) is 0.730. The van der Waals surface area contributed by atoms with E-state index in [-0.39, 0.29) is 10.7 Å². The quantitative estimate of drug-likeness (QED) is 0.541. The number of benzene rings is 2. The number of rotatable bonds is 3. The minimum atomic E-state index is -0.158. The smallest absolute Gasteiger partial charge is 0.261 e. The Morgan fingerprint density at radius 2 is 1.65 bits per heavy atom. The van der Waals surface area contributed by atoms with Gasteiger partial charge in [-0.15, -0.1) is 0 Å². The van der Waals surface area contributed by atoms with Gasteiger partial charge in [0.25, 0.3) is 5.56 Å². The second-order valence-corrected chi connectivity index (χ2v) is 5.82. The van der Waals surface area contributed by atoms with Crippen molar-refractivity contribution >= 4 is 28.4 Å². The number of halogens is 1. The molecule has 0 fully saturated rings. The zero-order valence-electron chi connectivity index (χ0n) is 12.3. The molecule has 0 aliphatic carbocycles. The minimum Gasteiger partial charge on any atom is -0.309 e. The molecule has 2 aromatic heterocycles. The molecule has 0 N–H and O–H groups in total. The fourth-order valence-electron chi connectivity index (χ4n) is 2.95. The first-order chi connectivity index (χ1) is 11.2. The lowest BCUT2D eigenvalue weighted by Gasteiger charge is -2.06. The van der Waals surface area contributed by atoms with Crippen LogP contribution in [0.2, 0.25) is 5.15 Å². The summed E-state index contributed by atoms with van der Waals surface area (Å²) >= 11 is 6.00. The number of hydrogen-bond acceptors (Lipinski definition) is 2. The Bertz CT molecular complexity index is 1050. The maximum Gasteiger partial charge on any atom is 0.261 e. The summed E-state index contributed by atoms with van der Waals surface area (Å²) < 4.78 is 3.67. The van der Waals surface area contributed by atoms with Crippen LogP contribution in [0.1, 0.15) is 5.56 Å². The van der Waals surface area contributed by atoms with Crippen LogP contribution in [-0.4, -0.2) is 14.0 Å². The van der Waals surface area contributed by atoms with Gasteiger partial charge in [-0.1, -0.05) is 54.1 Å². The zero-order valence-corrected chi connectivity index (χ0v) is 13.1. The fourth-order valence-corrected chi connectivity index (χ4v) is 3.11. The summed E-state index contributed by atoms with van der Waals surface area (Å²) in [5.74, 6) is 0.583. The molecule has 0 unspecified atom stereocenters. The van der Waals surface area contributed by atoms with E-state index in [0.717, 1.165) is 24.0 Å². The van der Waals surface area contributed by atoms with Crippen molar-refractivity contribution in [1.82, 2.24) is 14.0 Å². The largest absolute Gasteiger partial charge is 0.309 e. The highest BCUT2D eigenvalue weighted by atomic mass is 35.5. The lowest BCUT2D eigenvalue weighted by Crippen LogP contribution is -2.14. The molecule has 4 rings (SSSR count). The summed E-state index contributed by atoms with van der Waals surface area (Å²) in [4.78, 5) is 16.7. The van der Waals surface area contributed by atoms with Crippen molar-refractivity contribution < 1.29 is 0 Å². The number of imidazole rings is 1. The molecule has 0 bridgehead atoms. The molecular formula is C18H14ClN3O. The summed E-state index contributed by atoms with van der Waals surface area (Å²) in [5.41, 5.74) is 2.92. The van der Waals surface area contributed by atoms with Gasteiger partial charge in [0.15, 0.2) is 0 Å². The first kappa shape index (κ1) is 14.0. The maximum absolute atomic E-state index is 12.3. The fraction of sp³-hybridized carbons (Fsp3) is 0.111. The summed E-state index contributed by atoms with van der Waals surface area (Å²) in [6, 6.07) is 19.4. The molecule has 0 saturated carbocycles. The Morgan fingerprint density at radius 3 is 2.43 bits per heavy atom. The van der Waals surface area contributed by atoms with Gasteiger partial charge >= 0.3 is 0 Å². The standard InChI is InChI=1S/C18H14ClN3O/c19-16-12-17(23)22-15-9-5-4-8-14(15)21(18(22)20-16)11-10-13-6-2-1-3-7-13/h1-9,12H,10-11H2. The predicted octanol–water partition coefficient (Wildman–Crippen LogP) is 3.55. The topological polar surface area (TPSA) is 39.3 Å². The van der Waals surface area contributed by atoms with Crippen LogP contribution in [0.15, 0.2) is 65.5 Å². The van der Waals surface area contributed by atoms with Crippen molar-refractivity contribution in [3.8, 4) is 0 Å². The van der Waals surface area contributed by atoms with Crippen LogP contribution in [0, 0.1) is 0 Å². The van der Waals surface area contributed by atoms with Gasteiger partial charge in [0.05, 0.1) is 11.0 Å². The maximum atomic E-state index is 12.3. The van der Waals surface area contributed by atoms with E-state index in [2.05, 4.69) is 21.7 Å². The Kier molecular flexibility index (Phi) is 3.39. The number of para-hydroxylation sites is 2. The molecule has 5 heteroatoms. The van der Waals surface area contributed by atoms with Gasteiger partial charge in [-0.2, -0.15) is 0 Å². The highest BCUT2D eigenvalue weighted by Crippen LogP contribution is 2.20. The Balaban J connectivity index is 1.91. The van der Waals surface area contributed by atoms with Crippen LogP contribution in [0.5, 0.6) is 0 Å². The molecule has 0 aliphatic heterocycles. The van der Waals surface area contributed by atoms with Crippen LogP contribution in [0.25, 0.3) is 16.8 Å². The number of nitrogens with zero attached hydrogens (tertiary/aromatic N) is 3. The van der Waals surface area contributed by atoms with Crippen molar-refractivity contribution in [3.63, 3.8) is 0 Å². The van der Waals surface area contributed by atoms with Crippen LogP contribution in [0.3, 0.4) is 0 Å². The molecule has 0 atom stereocenters. The van der Waals surface area contributed by atoms with Gasteiger partial charge in [-0.25, -0.2) is 9.38 Å². The average Bonchev–Trinajstić information content (AvgIpc) is 2.87. The van der Waals surface area contributed by atoms with E-state index in [4.69, 9.17) is 11.6 Å². The number of aryl methyl sites for hydroxylation is 2. The SMILES string of the molecule is O=c1cc(Cl)nc2n(CCc3ccccc3)c3ccccc3n12. The highest BCUT2D eigenvalue weighted by molar-refractivity contribution is 6.29. The molecule has 2 aromatic carbocycles. The molecule has 0 saturated heterocycles. The van der Waals surface area contributed by atoms with Gasteiger partial charge < -0.3 is 4.57 Å². The third kappa shape index (κ3) is 2.41. The molecular weight excluding hydrogens is 310 g/mol. The van der Waals surface area contributed by atoms with Gasteiger partial charge in [0.2, 0.25) is 5.78 Å². The summed E-state index contributed by atoms with van der Waals surface area (Å²) in [6.07, 6.45) is 0.859. The third-order valence-electron chi connectivity index (χ3n) is 3.99. The molecule has 4 nitrogen and oxygen atoms in total. The molecule has 23 heavy (non-hydrogen) atoms. The van der Waals surface area contributed by atoms with Crippen molar-refractivity contribution in [2.45, 2.75) is 13.0 Å². The summed E-state index contributed by atoms with van der Waals surface area (Å²) in [7, 11) is 0. The van der Waals surface area contributed by atoms with E-state index in [9.17, 15) is 4.79 Å². The molecule has 114 valence electrons. The average molecular weight is 324 g/mol. The van der Waals surface area contributed by atoms with E-state index < -0.39 is 0 Å². The lowest BCUT2D eigenvalue weighted by atomic mass is 10.1. The molecule has 0 radical (unpaired) electrons. The van der Waals surface area contributed by atoms with Crippen molar-refractivity contribution in [3.05, 3.63) is 81.7 Å². The van der Waals surface area contributed by atoms with Crippen LogP contribution in [0.4, 0.5) is 0 Å². The van der Waals surface area contributed by atoms with Crippen LogP contribution < -0.4 is 5.56 Å². The van der Waals surface area contributed by atoms with E-state index in [1.165, 1.54) is 11.6 Å². The molecule has 4 aromatic rings. The molecule has 0 amide bonds. The van der Waals surface area contributed by atoms with E-state index in [1.54, 1.807) is 4.40 Å². The second-order valence-electron chi connectivity index (χ2n) is 5.43. The van der Waals surface area contributed by atoms with E-state index in [1.807, 2.05) is 42.5 Å². The first-order valence-electron chi connectivity index (χ1n) is 7.44. The van der Waals surface area contributed by atoms with Crippen molar-refractivity contribution in [2.75, 3.05) is 0 Å². The number of fused-ring (bicyclic) bond motifs is 3. The minimum absolute atomic E-state index is 0.158. The highest BCUT2D eigenvalue weighted by Gasteiger charge is 2.13. The zero-order chi connectivity index (χ0) is 15.8. The Hall–Kier alpha value is -2.59. The molecule has 0 spiro atoms. The second kappa shape index (κ2) is 5.56. The van der Waals surface area contributed by atoms with Gasteiger partial charge in [-0.3, -0.25) is 4.79 Å². The van der Waals surface area contributed by atoms with Gasteiger partial charge in [-0.05, 0) is 24.1 Å². The normalized spacial score (nSPS) is 11.3. The van der Waals surface area contributed by atoms with E-state index >= 15 is 0 Å². The Labute approximate surface area is 137 Å². The number of hydrogen-bond donors (Lipinski definition) is 0. The lowest BCUT2D eigenvalue weighted by molar-refractivity contribution is 0.727. The predicted molar refractivity (Wildman–Crippen MR) is 92.1 cm³/mol. The first-order valence-corrected chi connectivity index (χ1v) is 7.82.